The maximum atomic E-state index is 13.2. The van der Waals surface area contributed by atoms with Crippen molar-refractivity contribution in [3.8, 4) is 0 Å². The molecule has 4 rings (SSSR count). The molecule has 5 heteroatoms. The quantitative estimate of drug-likeness (QED) is 0.760. The highest BCUT2D eigenvalue weighted by Gasteiger charge is 2.34. The Bertz CT molecular complexity index is 638. The van der Waals surface area contributed by atoms with E-state index in [1.165, 1.54) is 63.5 Å². The largest absolute Gasteiger partial charge is 0.342 e. The zero-order valence-electron chi connectivity index (χ0n) is 18.1. The summed E-state index contributed by atoms with van der Waals surface area (Å²) in [4.78, 5) is 24.7. The van der Waals surface area contributed by atoms with Crippen molar-refractivity contribution in [3.63, 3.8) is 0 Å². The summed E-state index contributed by atoms with van der Waals surface area (Å²) < 4.78 is 0. The van der Waals surface area contributed by atoms with Gasteiger partial charge in [-0.05, 0) is 69.8 Å². The van der Waals surface area contributed by atoms with E-state index >= 15 is 0 Å². The summed E-state index contributed by atoms with van der Waals surface area (Å²) in [5.74, 6) is 0.625. The van der Waals surface area contributed by atoms with Crippen LogP contribution in [0.3, 0.4) is 0 Å². The molecule has 1 saturated carbocycles. The van der Waals surface area contributed by atoms with Gasteiger partial charge in [-0.3, -0.25) is 19.6 Å². The van der Waals surface area contributed by atoms with Gasteiger partial charge in [-0.15, -0.1) is 0 Å². The third-order valence-electron chi connectivity index (χ3n) is 7.47. The maximum absolute atomic E-state index is 13.2. The number of pyridine rings is 1. The summed E-state index contributed by atoms with van der Waals surface area (Å²) in [6, 6.07) is 5.33. The van der Waals surface area contributed by atoms with Crippen LogP contribution in [0.5, 0.6) is 0 Å². The van der Waals surface area contributed by atoms with E-state index in [1.807, 2.05) is 18.5 Å². The molecule has 1 amide bonds. The van der Waals surface area contributed by atoms with Crippen molar-refractivity contribution in [2.24, 2.45) is 5.92 Å². The smallest absolute Gasteiger partial charge is 0.226 e. The average molecular weight is 399 g/mol. The zero-order valence-corrected chi connectivity index (χ0v) is 18.1. The molecule has 3 fully saturated rings. The Labute approximate surface area is 176 Å². The van der Waals surface area contributed by atoms with Crippen LogP contribution in [0.1, 0.15) is 63.4 Å². The summed E-state index contributed by atoms with van der Waals surface area (Å²) in [7, 11) is 2.06. The summed E-state index contributed by atoms with van der Waals surface area (Å²) >= 11 is 0. The highest BCUT2D eigenvalue weighted by Crippen LogP contribution is 2.28. The molecule has 29 heavy (non-hydrogen) atoms. The lowest BCUT2D eigenvalue weighted by Gasteiger charge is -2.43. The highest BCUT2D eigenvalue weighted by atomic mass is 16.2. The topological polar surface area (TPSA) is 39.7 Å². The van der Waals surface area contributed by atoms with Gasteiger partial charge in [0.1, 0.15) is 0 Å². The molecule has 1 aromatic heterocycles. The molecule has 0 radical (unpaired) electrons. The van der Waals surface area contributed by atoms with E-state index in [4.69, 9.17) is 0 Å². The minimum absolute atomic E-state index is 0.212. The molecule has 3 aliphatic rings. The molecule has 0 N–H and O–H groups in total. The second-order valence-electron chi connectivity index (χ2n) is 9.44. The number of hydrogen-bond acceptors (Lipinski definition) is 4. The molecule has 1 aliphatic carbocycles. The van der Waals surface area contributed by atoms with Crippen LogP contribution in [0.15, 0.2) is 24.5 Å². The standard InChI is InChI=1S/C24H38N4O/c1-26(22-9-3-2-4-10-22)24(29)21-8-6-14-28(19-21)23-11-15-27(16-12-23)18-20-7-5-13-25-17-20/h5,7,13,17,21-23H,2-4,6,8-12,14-16,18-19H2,1H3. The average Bonchev–Trinajstić information content (AvgIpc) is 2.80. The molecule has 2 saturated heterocycles. The molecule has 1 aromatic rings. The van der Waals surface area contributed by atoms with Gasteiger partial charge < -0.3 is 4.90 Å². The van der Waals surface area contributed by atoms with Gasteiger partial charge in [0, 0.05) is 44.6 Å². The summed E-state index contributed by atoms with van der Waals surface area (Å²) in [5.41, 5.74) is 1.31. The third-order valence-corrected chi connectivity index (χ3v) is 7.47. The van der Waals surface area contributed by atoms with Crippen LogP contribution in [0.4, 0.5) is 0 Å². The first-order valence-corrected chi connectivity index (χ1v) is 11.8. The SMILES string of the molecule is CN(C(=O)C1CCCN(C2CCN(Cc3cccnc3)CC2)C1)C1CCCCC1. The fourth-order valence-corrected chi connectivity index (χ4v) is 5.67. The van der Waals surface area contributed by atoms with Gasteiger partial charge in [0.25, 0.3) is 0 Å². The Morgan fingerprint density at radius 1 is 1.07 bits per heavy atom. The van der Waals surface area contributed by atoms with E-state index in [-0.39, 0.29) is 5.92 Å². The number of hydrogen-bond donors (Lipinski definition) is 0. The fraction of sp³-hybridized carbons (Fsp3) is 0.750. The van der Waals surface area contributed by atoms with Crippen molar-refractivity contribution in [2.45, 2.75) is 76.4 Å². The Morgan fingerprint density at radius 2 is 1.86 bits per heavy atom. The number of likely N-dealkylation sites (tertiary alicyclic amines) is 2. The van der Waals surface area contributed by atoms with Gasteiger partial charge in [-0.2, -0.15) is 0 Å². The Hall–Kier alpha value is -1.46. The Balaban J connectivity index is 1.26. The lowest BCUT2D eigenvalue weighted by molar-refractivity contribution is -0.139. The monoisotopic (exact) mass is 398 g/mol. The van der Waals surface area contributed by atoms with Crippen molar-refractivity contribution in [3.05, 3.63) is 30.1 Å². The Morgan fingerprint density at radius 3 is 2.59 bits per heavy atom. The fourth-order valence-electron chi connectivity index (χ4n) is 5.67. The molecule has 160 valence electrons. The van der Waals surface area contributed by atoms with E-state index in [0.29, 0.717) is 18.0 Å². The summed E-state index contributed by atoms with van der Waals surface area (Å²) in [6.45, 7) is 5.45. The van der Waals surface area contributed by atoms with E-state index in [9.17, 15) is 4.79 Å². The number of carbonyl (C=O) groups is 1. The van der Waals surface area contributed by atoms with Crippen LogP contribution in [-0.4, -0.2) is 70.9 Å². The lowest BCUT2D eigenvalue weighted by atomic mass is 9.90. The number of piperidine rings is 2. The predicted molar refractivity (Wildman–Crippen MR) is 116 cm³/mol. The van der Waals surface area contributed by atoms with Gasteiger partial charge in [0.2, 0.25) is 5.91 Å². The normalized spacial score (nSPS) is 25.8. The number of carbonyl (C=O) groups excluding carboxylic acids is 1. The first-order valence-electron chi connectivity index (χ1n) is 11.8. The number of rotatable bonds is 5. The Kier molecular flexibility index (Phi) is 7.20. The second-order valence-corrected chi connectivity index (χ2v) is 9.44. The van der Waals surface area contributed by atoms with Crippen molar-refractivity contribution >= 4 is 5.91 Å². The molecule has 1 atom stereocenters. The molecule has 0 spiro atoms. The first kappa shape index (κ1) is 20.8. The maximum Gasteiger partial charge on any atom is 0.226 e. The number of nitrogens with zero attached hydrogens (tertiary/aromatic N) is 4. The zero-order chi connectivity index (χ0) is 20.1. The molecule has 3 heterocycles. The van der Waals surface area contributed by atoms with Crippen molar-refractivity contribution in [1.29, 1.82) is 0 Å². The van der Waals surface area contributed by atoms with E-state index in [2.05, 4.69) is 32.8 Å². The van der Waals surface area contributed by atoms with Crippen LogP contribution >= 0.6 is 0 Å². The lowest BCUT2D eigenvalue weighted by Crippen LogP contribution is -2.52. The molecule has 2 aliphatic heterocycles. The van der Waals surface area contributed by atoms with Crippen LogP contribution < -0.4 is 0 Å². The minimum atomic E-state index is 0.212. The van der Waals surface area contributed by atoms with E-state index in [1.54, 1.807) is 0 Å². The van der Waals surface area contributed by atoms with Gasteiger partial charge in [-0.1, -0.05) is 25.3 Å². The van der Waals surface area contributed by atoms with Gasteiger partial charge in [0.05, 0.1) is 5.92 Å². The minimum Gasteiger partial charge on any atom is -0.342 e. The molecule has 0 aromatic carbocycles. The highest BCUT2D eigenvalue weighted by molar-refractivity contribution is 5.79. The first-order chi connectivity index (χ1) is 14.2. The van der Waals surface area contributed by atoms with Crippen LogP contribution in [0.25, 0.3) is 0 Å². The van der Waals surface area contributed by atoms with Crippen molar-refractivity contribution < 1.29 is 4.79 Å². The van der Waals surface area contributed by atoms with Gasteiger partial charge in [0.15, 0.2) is 0 Å². The second kappa shape index (κ2) is 10.0. The summed E-state index contributed by atoms with van der Waals surface area (Å²) in [5, 5.41) is 0. The third kappa shape index (κ3) is 5.37. The molecular formula is C24H38N4O. The number of aromatic nitrogens is 1. The predicted octanol–water partition coefficient (Wildman–Crippen LogP) is 3.55. The van der Waals surface area contributed by atoms with Crippen LogP contribution in [0.2, 0.25) is 0 Å². The summed E-state index contributed by atoms with van der Waals surface area (Å²) in [6.07, 6.45) is 14.8. The van der Waals surface area contributed by atoms with Crippen molar-refractivity contribution in [2.75, 3.05) is 33.2 Å². The molecule has 5 nitrogen and oxygen atoms in total. The number of amides is 1. The van der Waals surface area contributed by atoms with Crippen LogP contribution in [-0.2, 0) is 11.3 Å². The molecule has 0 bridgehead atoms. The molecule has 1 unspecified atom stereocenters. The van der Waals surface area contributed by atoms with Gasteiger partial charge >= 0.3 is 0 Å². The van der Waals surface area contributed by atoms with E-state index in [0.717, 1.165) is 32.6 Å². The van der Waals surface area contributed by atoms with Gasteiger partial charge in [-0.25, -0.2) is 0 Å². The molecular weight excluding hydrogens is 360 g/mol. The van der Waals surface area contributed by atoms with E-state index < -0.39 is 0 Å². The van der Waals surface area contributed by atoms with Crippen molar-refractivity contribution in [1.82, 2.24) is 19.7 Å². The van der Waals surface area contributed by atoms with Crippen LogP contribution in [0, 0.1) is 5.92 Å².